The SMILES string of the molecule is Cc1ccc(S(=O)(=O)N2CCOCC2)cc1C(=O)N(C[C@@H]1CCCO1)c1nc2ccccc2s1. The van der Waals surface area contributed by atoms with Crippen LogP contribution in [0.4, 0.5) is 5.13 Å². The molecule has 3 aromatic rings. The van der Waals surface area contributed by atoms with Crippen molar-refractivity contribution in [1.29, 1.82) is 0 Å². The summed E-state index contributed by atoms with van der Waals surface area (Å²) in [5, 5.41) is 0.586. The van der Waals surface area contributed by atoms with E-state index >= 15 is 0 Å². The minimum absolute atomic E-state index is 0.0727. The smallest absolute Gasteiger partial charge is 0.260 e. The van der Waals surface area contributed by atoms with Crippen molar-refractivity contribution in [2.75, 3.05) is 44.4 Å². The fourth-order valence-electron chi connectivity index (χ4n) is 4.29. The van der Waals surface area contributed by atoms with Gasteiger partial charge in [-0.2, -0.15) is 4.31 Å². The molecule has 1 aromatic heterocycles. The van der Waals surface area contributed by atoms with Crippen LogP contribution in [0.15, 0.2) is 47.4 Å². The van der Waals surface area contributed by atoms with Crippen molar-refractivity contribution in [1.82, 2.24) is 9.29 Å². The number of aromatic nitrogens is 1. The zero-order chi connectivity index (χ0) is 23.7. The largest absolute Gasteiger partial charge is 0.379 e. The molecule has 10 heteroatoms. The quantitative estimate of drug-likeness (QED) is 0.514. The fraction of sp³-hybridized carbons (Fsp3) is 0.417. The molecule has 0 saturated carbocycles. The van der Waals surface area contributed by atoms with Crippen LogP contribution in [0.1, 0.15) is 28.8 Å². The van der Waals surface area contributed by atoms with Gasteiger partial charge < -0.3 is 9.47 Å². The van der Waals surface area contributed by atoms with E-state index in [-0.39, 0.29) is 16.9 Å². The van der Waals surface area contributed by atoms with E-state index in [0.29, 0.717) is 55.7 Å². The Morgan fingerprint density at radius 1 is 1.18 bits per heavy atom. The molecule has 2 aliphatic heterocycles. The highest BCUT2D eigenvalue weighted by Gasteiger charge is 2.31. The van der Waals surface area contributed by atoms with Crippen molar-refractivity contribution < 1.29 is 22.7 Å². The first-order valence-corrected chi connectivity index (χ1v) is 13.7. The van der Waals surface area contributed by atoms with Gasteiger partial charge in [0.25, 0.3) is 5.91 Å². The molecule has 2 saturated heterocycles. The first-order chi connectivity index (χ1) is 16.4. The normalized spacial score (nSPS) is 19.5. The number of sulfonamides is 1. The fourth-order valence-corrected chi connectivity index (χ4v) is 6.70. The summed E-state index contributed by atoms with van der Waals surface area (Å²) in [7, 11) is -3.72. The lowest BCUT2D eigenvalue weighted by Crippen LogP contribution is -2.41. The summed E-state index contributed by atoms with van der Waals surface area (Å²) >= 11 is 1.45. The third-order valence-electron chi connectivity index (χ3n) is 6.22. The number of carbonyl (C=O) groups excluding carboxylic acids is 1. The van der Waals surface area contributed by atoms with Crippen molar-refractivity contribution in [3.63, 3.8) is 0 Å². The molecule has 2 fully saturated rings. The second-order valence-corrected chi connectivity index (χ2v) is 11.5. The molecule has 1 amide bonds. The van der Waals surface area contributed by atoms with Gasteiger partial charge in [-0.05, 0) is 49.6 Å². The molecule has 180 valence electrons. The van der Waals surface area contributed by atoms with Crippen molar-refractivity contribution >= 4 is 42.6 Å². The minimum atomic E-state index is -3.72. The molecular formula is C24H27N3O5S2. The Bertz CT molecular complexity index is 1260. The number of aryl methyl sites for hydroxylation is 1. The summed E-state index contributed by atoms with van der Waals surface area (Å²) in [4.78, 5) is 20.4. The van der Waals surface area contributed by atoms with Crippen molar-refractivity contribution in [3.05, 3.63) is 53.6 Å². The second kappa shape index (κ2) is 9.71. The van der Waals surface area contributed by atoms with Crippen LogP contribution in [-0.2, 0) is 19.5 Å². The van der Waals surface area contributed by atoms with Gasteiger partial charge in [0.15, 0.2) is 5.13 Å². The summed E-state index contributed by atoms with van der Waals surface area (Å²) < 4.78 is 40.0. The van der Waals surface area contributed by atoms with Crippen LogP contribution in [-0.4, -0.2) is 69.2 Å². The first kappa shape index (κ1) is 23.4. The number of morpholine rings is 1. The monoisotopic (exact) mass is 501 g/mol. The number of fused-ring (bicyclic) bond motifs is 1. The summed E-state index contributed by atoms with van der Waals surface area (Å²) in [6.45, 7) is 4.21. The summed E-state index contributed by atoms with van der Waals surface area (Å²) in [6.07, 6.45) is 1.76. The van der Waals surface area contributed by atoms with E-state index in [1.54, 1.807) is 17.0 Å². The van der Waals surface area contributed by atoms with Crippen molar-refractivity contribution in [3.8, 4) is 0 Å². The maximum atomic E-state index is 13.9. The average molecular weight is 502 g/mol. The van der Waals surface area contributed by atoms with Crippen molar-refractivity contribution in [2.45, 2.75) is 30.8 Å². The highest BCUT2D eigenvalue weighted by Crippen LogP contribution is 2.32. The molecule has 2 aliphatic rings. The van der Waals surface area contributed by atoms with Gasteiger partial charge >= 0.3 is 0 Å². The Labute approximate surface area is 203 Å². The number of hydrogen-bond acceptors (Lipinski definition) is 7. The van der Waals surface area contributed by atoms with Gasteiger partial charge in [0, 0.05) is 25.3 Å². The maximum Gasteiger partial charge on any atom is 0.260 e. The number of ether oxygens (including phenoxy) is 2. The van der Waals surface area contributed by atoms with Gasteiger partial charge in [-0.25, -0.2) is 13.4 Å². The standard InChI is InChI=1S/C24H27N3O5S2/c1-17-8-9-19(34(29,30)26-10-13-31-14-11-26)15-20(17)23(28)27(16-18-5-4-12-32-18)24-25-21-6-2-3-7-22(21)33-24/h2-3,6-9,15,18H,4-5,10-14,16H2,1H3/t18-/m0/s1. The van der Waals surface area contributed by atoms with Gasteiger partial charge in [0.2, 0.25) is 10.0 Å². The van der Waals surface area contributed by atoms with E-state index in [1.165, 1.54) is 21.7 Å². The van der Waals surface area contributed by atoms with E-state index in [2.05, 4.69) is 0 Å². The summed E-state index contributed by atoms with van der Waals surface area (Å²) in [6, 6.07) is 12.5. The Morgan fingerprint density at radius 3 is 2.71 bits per heavy atom. The topological polar surface area (TPSA) is 89.0 Å². The Morgan fingerprint density at radius 2 is 1.97 bits per heavy atom. The van der Waals surface area contributed by atoms with Gasteiger partial charge in [-0.15, -0.1) is 0 Å². The van der Waals surface area contributed by atoms with Crippen LogP contribution in [0.3, 0.4) is 0 Å². The second-order valence-electron chi connectivity index (χ2n) is 8.51. The summed E-state index contributed by atoms with van der Waals surface area (Å²) in [5.41, 5.74) is 1.89. The molecule has 8 nitrogen and oxygen atoms in total. The van der Waals surface area contributed by atoms with Crippen LogP contribution in [0.2, 0.25) is 0 Å². The maximum absolute atomic E-state index is 13.9. The Hall–Kier alpha value is -2.37. The van der Waals surface area contributed by atoms with E-state index in [0.717, 1.165) is 23.1 Å². The molecule has 3 heterocycles. The molecule has 5 rings (SSSR count). The number of rotatable bonds is 6. The lowest BCUT2D eigenvalue weighted by molar-refractivity contribution is 0.0730. The molecule has 0 unspecified atom stereocenters. The molecule has 0 N–H and O–H groups in total. The number of para-hydroxylation sites is 1. The highest BCUT2D eigenvalue weighted by atomic mass is 32.2. The van der Waals surface area contributed by atoms with Crippen LogP contribution in [0.25, 0.3) is 10.2 Å². The molecule has 2 aromatic carbocycles. The lowest BCUT2D eigenvalue weighted by Gasteiger charge is -2.27. The minimum Gasteiger partial charge on any atom is -0.379 e. The van der Waals surface area contributed by atoms with Crippen LogP contribution < -0.4 is 4.90 Å². The van der Waals surface area contributed by atoms with E-state index in [1.807, 2.05) is 31.2 Å². The number of nitrogens with zero attached hydrogens (tertiary/aromatic N) is 3. The van der Waals surface area contributed by atoms with E-state index < -0.39 is 10.0 Å². The van der Waals surface area contributed by atoms with Crippen LogP contribution in [0.5, 0.6) is 0 Å². The summed E-state index contributed by atoms with van der Waals surface area (Å²) in [5.74, 6) is -0.272. The van der Waals surface area contributed by atoms with Gasteiger partial charge in [0.05, 0.1) is 41.0 Å². The van der Waals surface area contributed by atoms with Crippen LogP contribution >= 0.6 is 11.3 Å². The average Bonchev–Trinajstić information content (AvgIpc) is 3.52. The first-order valence-electron chi connectivity index (χ1n) is 11.4. The Balaban J connectivity index is 1.52. The third kappa shape index (κ3) is 4.60. The molecule has 0 radical (unpaired) electrons. The predicted molar refractivity (Wildman–Crippen MR) is 131 cm³/mol. The number of benzene rings is 2. The zero-order valence-electron chi connectivity index (χ0n) is 19.0. The molecule has 0 spiro atoms. The van der Waals surface area contributed by atoms with E-state index in [4.69, 9.17) is 14.5 Å². The van der Waals surface area contributed by atoms with Crippen LogP contribution in [0, 0.1) is 6.92 Å². The zero-order valence-corrected chi connectivity index (χ0v) is 20.6. The van der Waals surface area contributed by atoms with Gasteiger partial charge in [-0.1, -0.05) is 29.5 Å². The molecule has 0 aliphatic carbocycles. The van der Waals surface area contributed by atoms with Crippen molar-refractivity contribution in [2.24, 2.45) is 0 Å². The lowest BCUT2D eigenvalue weighted by atomic mass is 10.1. The molecule has 34 heavy (non-hydrogen) atoms. The predicted octanol–water partition coefficient (Wildman–Crippen LogP) is 3.45. The Kier molecular flexibility index (Phi) is 6.67. The number of amides is 1. The molecular weight excluding hydrogens is 474 g/mol. The van der Waals surface area contributed by atoms with Gasteiger partial charge in [-0.3, -0.25) is 9.69 Å². The highest BCUT2D eigenvalue weighted by molar-refractivity contribution is 7.89. The number of hydrogen-bond donors (Lipinski definition) is 0. The number of anilines is 1. The number of carbonyl (C=O) groups is 1. The van der Waals surface area contributed by atoms with E-state index in [9.17, 15) is 13.2 Å². The third-order valence-corrected chi connectivity index (χ3v) is 9.17. The van der Waals surface area contributed by atoms with Gasteiger partial charge in [0.1, 0.15) is 0 Å². The molecule has 0 bridgehead atoms. The number of thiazole rings is 1. The molecule has 1 atom stereocenters.